The van der Waals surface area contributed by atoms with E-state index in [0.717, 1.165) is 16.6 Å². The molecular formula is C14H11BrN2O2. The molecule has 0 saturated heterocycles. The molecule has 5 heteroatoms. The number of rotatable bonds is 3. The smallest absolute Gasteiger partial charge is 0.204 e. The van der Waals surface area contributed by atoms with Crippen LogP contribution in [-0.2, 0) is 13.5 Å². The number of ketones is 1. The molecule has 0 aliphatic carbocycles. The summed E-state index contributed by atoms with van der Waals surface area (Å²) in [5.74, 6) is 0.274. The van der Waals surface area contributed by atoms with E-state index in [1.807, 2.05) is 31.3 Å². The molecule has 0 atom stereocenters. The summed E-state index contributed by atoms with van der Waals surface area (Å²) < 4.78 is 7.61. The Kier molecular flexibility index (Phi) is 2.98. The van der Waals surface area contributed by atoms with Gasteiger partial charge in [-0.05, 0) is 34.1 Å². The lowest BCUT2D eigenvalue weighted by Gasteiger charge is -1.95. The molecule has 2 heterocycles. The second kappa shape index (κ2) is 4.66. The molecule has 0 fully saturated rings. The number of carbonyl (C=O) groups is 1. The fraction of sp³-hybridized carbons (Fsp3) is 0.143. The molecule has 0 unspecified atom stereocenters. The average molecular weight is 319 g/mol. The zero-order chi connectivity index (χ0) is 13.4. The highest BCUT2D eigenvalue weighted by Gasteiger charge is 2.16. The van der Waals surface area contributed by atoms with Gasteiger partial charge in [-0.1, -0.05) is 18.2 Å². The van der Waals surface area contributed by atoms with Crippen LogP contribution in [0, 0.1) is 0 Å². The van der Waals surface area contributed by atoms with Crippen LogP contribution in [0.3, 0.4) is 0 Å². The van der Waals surface area contributed by atoms with Crippen molar-refractivity contribution in [1.82, 2.24) is 9.78 Å². The van der Waals surface area contributed by atoms with Gasteiger partial charge in [-0.15, -0.1) is 0 Å². The van der Waals surface area contributed by atoms with Crippen molar-refractivity contribution in [2.75, 3.05) is 0 Å². The Labute approximate surface area is 118 Å². The van der Waals surface area contributed by atoms with Crippen LogP contribution in [0.1, 0.15) is 16.2 Å². The van der Waals surface area contributed by atoms with Crippen LogP contribution < -0.4 is 0 Å². The van der Waals surface area contributed by atoms with Gasteiger partial charge < -0.3 is 4.42 Å². The monoisotopic (exact) mass is 318 g/mol. The predicted molar refractivity (Wildman–Crippen MR) is 75.2 cm³/mol. The second-order valence-corrected chi connectivity index (χ2v) is 5.07. The first-order chi connectivity index (χ1) is 9.15. The Morgan fingerprint density at radius 3 is 2.84 bits per heavy atom. The number of para-hydroxylation sites is 1. The zero-order valence-electron chi connectivity index (χ0n) is 10.3. The van der Waals surface area contributed by atoms with Crippen LogP contribution in [-0.4, -0.2) is 15.6 Å². The highest BCUT2D eigenvalue weighted by Crippen LogP contribution is 2.20. The molecule has 0 saturated carbocycles. The number of nitrogens with zero attached hydrogens (tertiary/aromatic N) is 2. The van der Waals surface area contributed by atoms with Crippen LogP contribution in [0.2, 0.25) is 0 Å². The Hall–Kier alpha value is -1.88. The van der Waals surface area contributed by atoms with Crippen LogP contribution in [0.4, 0.5) is 0 Å². The molecule has 2 aromatic heterocycles. The molecule has 0 amide bonds. The lowest BCUT2D eigenvalue weighted by atomic mass is 10.1. The van der Waals surface area contributed by atoms with E-state index in [1.54, 1.807) is 16.8 Å². The van der Waals surface area contributed by atoms with Crippen LogP contribution >= 0.6 is 15.9 Å². The average Bonchev–Trinajstić information content (AvgIpc) is 2.96. The molecule has 3 rings (SSSR count). The van der Waals surface area contributed by atoms with Crippen molar-refractivity contribution in [3.63, 3.8) is 0 Å². The van der Waals surface area contributed by atoms with Gasteiger partial charge in [-0.2, -0.15) is 5.10 Å². The number of Topliss-reactive ketones (excluding diaryl/α,β-unsaturated/α-hetero) is 1. The minimum Gasteiger partial charge on any atom is -0.446 e. The number of furan rings is 1. The van der Waals surface area contributed by atoms with E-state index in [1.165, 1.54) is 0 Å². The summed E-state index contributed by atoms with van der Waals surface area (Å²) in [6.07, 6.45) is 0.237. The van der Waals surface area contributed by atoms with Gasteiger partial charge in [0, 0.05) is 12.4 Å². The molecule has 0 aliphatic heterocycles. The third-order valence-electron chi connectivity index (χ3n) is 3.01. The molecule has 19 heavy (non-hydrogen) atoms. The summed E-state index contributed by atoms with van der Waals surface area (Å²) >= 11 is 3.19. The van der Waals surface area contributed by atoms with E-state index in [4.69, 9.17) is 4.42 Å². The molecule has 0 radical (unpaired) electrons. The SMILES string of the molecule is Cn1nc(CC(=O)c2ccc(Br)o2)c2ccccc21. The van der Waals surface area contributed by atoms with Gasteiger partial charge in [0.1, 0.15) is 0 Å². The molecular weight excluding hydrogens is 308 g/mol. The lowest BCUT2D eigenvalue weighted by molar-refractivity contribution is 0.0964. The zero-order valence-corrected chi connectivity index (χ0v) is 11.8. The molecule has 0 spiro atoms. The molecule has 96 valence electrons. The molecule has 3 aromatic rings. The van der Waals surface area contributed by atoms with Crippen LogP contribution in [0.5, 0.6) is 0 Å². The number of hydrogen-bond acceptors (Lipinski definition) is 3. The standard InChI is InChI=1S/C14H11BrN2O2/c1-17-11-5-3-2-4-9(11)10(16-17)8-12(18)13-6-7-14(15)19-13/h2-7H,8H2,1H3. The Morgan fingerprint density at radius 1 is 1.32 bits per heavy atom. The second-order valence-electron chi connectivity index (χ2n) is 4.29. The lowest BCUT2D eigenvalue weighted by Crippen LogP contribution is -2.03. The number of aryl methyl sites for hydroxylation is 1. The molecule has 4 nitrogen and oxygen atoms in total. The first-order valence-electron chi connectivity index (χ1n) is 5.84. The summed E-state index contributed by atoms with van der Waals surface area (Å²) in [4.78, 5) is 12.1. The molecule has 0 N–H and O–H groups in total. The van der Waals surface area contributed by atoms with Crippen molar-refractivity contribution in [3.8, 4) is 0 Å². The van der Waals surface area contributed by atoms with Gasteiger partial charge in [0.05, 0.1) is 17.6 Å². The topological polar surface area (TPSA) is 48.0 Å². The molecule has 1 aromatic carbocycles. The maximum absolute atomic E-state index is 12.1. The Bertz CT molecular complexity index is 758. The first kappa shape index (κ1) is 12.2. The van der Waals surface area contributed by atoms with Gasteiger partial charge in [0.15, 0.2) is 10.4 Å². The van der Waals surface area contributed by atoms with Gasteiger partial charge >= 0.3 is 0 Å². The van der Waals surface area contributed by atoms with Crippen LogP contribution in [0.15, 0.2) is 45.5 Å². The Morgan fingerprint density at radius 2 is 2.11 bits per heavy atom. The van der Waals surface area contributed by atoms with Gasteiger partial charge in [-0.25, -0.2) is 0 Å². The van der Waals surface area contributed by atoms with Crippen molar-refractivity contribution >= 4 is 32.6 Å². The molecule has 0 aliphatic rings. The van der Waals surface area contributed by atoms with Crippen molar-refractivity contribution in [2.24, 2.45) is 7.05 Å². The van der Waals surface area contributed by atoms with Crippen molar-refractivity contribution in [1.29, 1.82) is 0 Å². The number of carbonyl (C=O) groups excluding carboxylic acids is 1. The number of benzene rings is 1. The highest BCUT2D eigenvalue weighted by atomic mass is 79.9. The van der Waals surface area contributed by atoms with Gasteiger partial charge in [0.2, 0.25) is 5.78 Å². The maximum atomic E-state index is 12.1. The van der Waals surface area contributed by atoms with Crippen LogP contribution in [0.25, 0.3) is 10.9 Å². The van der Waals surface area contributed by atoms with Gasteiger partial charge in [0.25, 0.3) is 0 Å². The highest BCUT2D eigenvalue weighted by molar-refractivity contribution is 9.10. The summed E-state index contributed by atoms with van der Waals surface area (Å²) in [6, 6.07) is 11.2. The predicted octanol–water partition coefficient (Wildman–Crippen LogP) is 3.35. The van der Waals surface area contributed by atoms with E-state index in [2.05, 4.69) is 21.0 Å². The van der Waals surface area contributed by atoms with E-state index in [0.29, 0.717) is 10.4 Å². The largest absolute Gasteiger partial charge is 0.446 e. The third kappa shape index (κ3) is 2.21. The third-order valence-corrected chi connectivity index (χ3v) is 3.44. The summed E-state index contributed by atoms with van der Waals surface area (Å²) in [6.45, 7) is 0. The summed E-state index contributed by atoms with van der Waals surface area (Å²) in [5.41, 5.74) is 1.79. The number of halogens is 1. The number of hydrogen-bond donors (Lipinski definition) is 0. The van der Waals surface area contributed by atoms with Crippen molar-refractivity contribution < 1.29 is 9.21 Å². The van der Waals surface area contributed by atoms with Gasteiger partial charge in [-0.3, -0.25) is 9.48 Å². The Balaban J connectivity index is 1.95. The first-order valence-corrected chi connectivity index (χ1v) is 6.63. The maximum Gasteiger partial charge on any atom is 0.204 e. The number of aromatic nitrogens is 2. The van der Waals surface area contributed by atoms with Crippen molar-refractivity contribution in [3.05, 3.63) is 52.5 Å². The summed E-state index contributed by atoms with van der Waals surface area (Å²) in [7, 11) is 1.87. The van der Waals surface area contributed by atoms with E-state index in [9.17, 15) is 4.79 Å². The van der Waals surface area contributed by atoms with E-state index >= 15 is 0 Å². The summed E-state index contributed by atoms with van der Waals surface area (Å²) in [5, 5.41) is 5.41. The quantitative estimate of drug-likeness (QED) is 0.696. The number of fused-ring (bicyclic) bond motifs is 1. The minimum atomic E-state index is -0.0745. The fourth-order valence-corrected chi connectivity index (χ4v) is 2.43. The minimum absolute atomic E-state index is 0.0745. The van der Waals surface area contributed by atoms with Crippen molar-refractivity contribution in [2.45, 2.75) is 6.42 Å². The van der Waals surface area contributed by atoms with E-state index < -0.39 is 0 Å². The normalized spacial score (nSPS) is 11.1. The fourth-order valence-electron chi connectivity index (χ4n) is 2.12. The molecule has 0 bridgehead atoms. The van der Waals surface area contributed by atoms with E-state index in [-0.39, 0.29) is 12.2 Å².